The summed E-state index contributed by atoms with van der Waals surface area (Å²) >= 11 is 0. The molecule has 2 rings (SSSR count). The van der Waals surface area contributed by atoms with Crippen molar-refractivity contribution in [1.29, 1.82) is 0 Å². The van der Waals surface area contributed by atoms with Crippen molar-refractivity contribution in [3.05, 3.63) is 35.9 Å². The Morgan fingerprint density at radius 1 is 1.21 bits per heavy atom. The number of benzene rings is 1. The van der Waals surface area contributed by atoms with E-state index in [4.69, 9.17) is 4.74 Å². The number of aliphatic hydroxyl groups is 1. The predicted octanol–water partition coefficient (Wildman–Crippen LogP) is 2.12. The van der Waals surface area contributed by atoms with Gasteiger partial charge in [0.15, 0.2) is 6.29 Å². The highest BCUT2D eigenvalue weighted by molar-refractivity contribution is 5.14. The second-order valence-corrected chi connectivity index (χ2v) is 3.81. The van der Waals surface area contributed by atoms with Crippen LogP contribution in [0.2, 0.25) is 0 Å². The maximum absolute atomic E-state index is 9.17. The van der Waals surface area contributed by atoms with E-state index in [9.17, 15) is 5.11 Å². The summed E-state index contributed by atoms with van der Waals surface area (Å²) in [7, 11) is 0. The number of aliphatic hydroxyl groups excluding tert-OH is 1. The molecule has 0 bridgehead atoms. The number of hydrogen-bond acceptors (Lipinski definition) is 2. The van der Waals surface area contributed by atoms with Gasteiger partial charge < -0.3 is 9.84 Å². The summed E-state index contributed by atoms with van der Waals surface area (Å²) in [6.45, 7) is 0. The Kier molecular flexibility index (Phi) is 3.17. The zero-order chi connectivity index (χ0) is 9.80. The average Bonchev–Trinajstić information content (AvgIpc) is 2.63. The van der Waals surface area contributed by atoms with E-state index in [0.717, 1.165) is 25.7 Å². The van der Waals surface area contributed by atoms with Crippen LogP contribution in [0.25, 0.3) is 0 Å². The maximum atomic E-state index is 9.17. The van der Waals surface area contributed by atoms with Crippen LogP contribution in [0.1, 0.15) is 24.8 Å². The lowest BCUT2D eigenvalue weighted by Gasteiger charge is -2.09. The molecule has 0 saturated carbocycles. The molecule has 1 aromatic rings. The van der Waals surface area contributed by atoms with Crippen molar-refractivity contribution in [2.24, 2.45) is 0 Å². The zero-order valence-corrected chi connectivity index (χ0v) is 8.23. The van der Waals surface area contributed by atoms with Gasteiger partial charge in [0, 0.05) is 6.42 Å². The van der Waals surface area contributed by atoms with Crippen molar-refractivity contribution in [2.75, 3.05) is 0 Å². The van der Waals surface area contributed by atoms with Crippen LogP contribution >= 0.6 is 0 Å². The van der Waals surface area contributed by atoms with Crippen molar-refractivity contribution in [2.45, 2.75) is 38.1 Å². The average molecular weight is 192 g/mol. The van der Waals surface area contributed by atoms with Crippen LogP contribution in [0.5, 0.6) is 0 Å². The molecule has 76 valence electrons. The summed E-state index contributed by atoms with van der Waals surface area (Å²) in [6.07, 6.45) is 3.58. The molecule has 1 fully saturated rings. The van der Waals surface area contributed by atoms with E-state index in [1.165, 1.54) is 5.56 Å². The lowest BCUT2D eigenvalue weighted by Crippen LogP contribution is -2.10. The Labute approximate surface area is 84.5 Å². The molecule has 1 saturated heterocycles. The Hall–Kier alpha value is -0.860. The molecule has 0 aromatic heterocycles. The third-order valence-electron chi connectivity index (χ3n) is 2.68. The third-order valence-corrected chi connectivity index (χ3v) is 2.68. The summed E-state index contributed by atoms with van der Waals surface area (Å²) in [5.74, 6) is 0. The van der Waals surface area contributed by atoms with Crippen LogP contribution in [0.4, 0.5) is 0 Å². The van der Waals surface area contributed by atoms with Gasteiger partial charge in [-0.15, -0.1) is 0 Å². The highest BCUT2D eigenvalue weighted by Gasteiger charge is 2.22. The van der Waals surface area contributed by atoms with E-state index in [0.29, 0.717) is 0 Å². The van der Waals surface area contributed by atoms with Gasteiger partial charge in [-0.05, 0) is 24.8 Å². The van der Waals surface area contributed by atoms with Gasteiger partial charge in [0.05, 0.1) is 6.10 Å². The second kappa shape index (κ2) is 4.58. The monoisotopic (exact) mass is 192 g/mol. The summed E-state index contributed by atoms with van der Waals surface area (Å²) in [5.41, 5.74) is 1.34. The van der Waals surface area contributed by atoms with Gasteiger partial charge in [-0.2, -0.15) is 0 Å². The van der Waals surface area contributed by atoms with Crippen molar-refractivity contribution in [3.8, 4) is 0 Å². The Bertz CT molecular complexity index is 271. The van der Waals surface area contributed by atoms with Gasteiger partial charge in [0.1, 0.15) is 0 Å². The minimum Gasteiger partial charge on any atom is -0.368 e. The topological polar surface area (TPSA) is 29.5 Å². The fourth-order valence-corrected chi connectivity index (χ4v) is 1.87. The van der Waals surface area contributed by atoms with Crippen LogP contribution in [-0.4, -0.2) is 17.5 Å². The number of ether oxygens (including phenoxy) is 1. The molecule has 0 spiro atoms. The molecule has 0 unspecified atom stereocenters. The molecule has 0 radical (unpaired) electrons. The van der Waals surface area contributed by atoms with Crippen LogP contribution in [-0.2, 0) is 11.2 Å². The van der Waals surface area contributed by atoms with Crippen LogP contribution < -0.4 is 0 Å². The quantitative estimate of drug-likeness (QED) is 0.794. The smallest absolute Gasteiger partial charge is 0.154 e. The zero-order valence-electron chi connectivity index (χ0n) is 8.23. The van der Waals surface area contributed by atoms with Crippen molar-refractivity contribution < 1.29 is 9.84 Å². The molecular formula is C12H16O2. The molecule has 0 amide bonds. The van der Waals surface area contributed by atoms with E-state index in [1.807, 2.05) is 6.07 Å². The lowest BCUT2D eigenvalue weighted by atomic mass is 10.1. The first kappa shape index (κ1) is 9.69. The van der Waals surface area contributed by atoms with Gasteiger partial charge in [0.2, 0.25) is 0 Å². The van der Waals surface area contributed by atoms with E-state index >= 15 is 0 Å². The van der Waals surface area contributed by atoms with E-state index in [-0.39, 0.29) is 6.10 Å². The highest BCUT2D eigenvalue weighted by atomic mass is 16.6. The lowest BCUT2D eigenvalue weighted by molar-refractivity contribution is -0.0914. The van der Waals surface area contributed by atoms with Gasteiger partial charge in [-0.25, -0.2) is 0 Å². The first-order chi connectivity index (χ1) is 6.84. The molecule has 1 aliphatic heterocycles. The maximum Gasteiger partial charge on any atom is 0.154 e. The molecule has 1 N–H and O–H groups in total. The third kappa shape index (κ3) is 2.56. The Balaban J connectivity index is 1.78. The molecule has 1 aromatic carbocycles. The fraction of sp³-hybridized carbons (Fsp3) is 0.500. The molecule has 1 heterocycles. The van der Waals surface area contributed by atoms with E-state index < -0.39 is 6.29 Å². The van der Waals surface area contributed by atoms with Gasteiger partial charge in [0.25, 0.3) is 0 Å². The molecule has 2 atom stereocenters. The van der Waals surface area contributed by atoms with Crippen LogP contribution in [0, 0.1) is 0 Å². The summed E-state index contributed by atoms with van der Waals surface area (Å²) < 4.78 is 5.34. The normalized spacial score (nSPS) is 26.6. The standard InChI is InChI=1S/C12H16O2/c13-12-9-8-11(14-12)7-6-10-4-2-1-3-5-10/h1-5,11-13H,6-9H2/t11-,12+/m0/s1. The molecule has 2 heteroatoms. The first-order valence-corrected chi connectivity index (χ1v) is 5.22. The van der Waals surface area contributed by atoms with Gasteiger partial charge >= 0.3 is 0 Å². The van der Waals surface area contributed by atoms with E-state index in [2.05, 4.69) is 24.3 Å². The van der Waals surface area contributed by atoms with Crippen molar-refractivity contribution in [1.82, 2.24) is 0 Å². The highest BCUT2D eigenvalue weighted by Crippen LogP contribution is 2.21. The summed E-state index contributed by atoms with van der Waals surface area (Å²) in [5, 5.41) is 9.17. The molecular weight excluding hydrogens is 176 g/mol. The van der Waals surface area contributed by atoms with E-state index in [1.54, 1.807) is 0 Å². The summed E-state index contributed by atoms with van der Waals surface area (Å²) in [6, 6.07) is 10.4. The van der Waals surface area contributed by atoms with Crippen molar-refractivity contribution in [3.63, 3.8) is 0 Å². The molecule has 0 aliphatic carbocycles. The minimum atomic E-state index is -0.518. The molecule has 2 nitrogen and oxygen atoms in total. The van der Waals surface area contributed by atoms with Crippen LogP contribution in [0.3, 0.4) is 0 Å². The molecule has 14 heavy (non-hydrogen) atoms. The SMILES string of the molecule is O[C@H]1CC[C@H](CCc2ccccc2)O1. The molecule has 1 aliphatic rings. The second-order valence-electron chi connectivity index (χ2n) is 3.81. The number of rotatable bonds is 3. The number of hydrogen-bond donors (Lipinski definition) is 1. The fourth-order valence-electron chi connectivity index (χ4n) is 1.87. The predicted molar refractivity (Wildman–Crippen MR) is 54.9 cm³/mol. The van der Waals surface area contributed by atoms with Gasteiger partial charge in [-0.3, -0.25) is 0 Å². The Morgan fingerprint density at radius 3 is 2.64 bits per heavy atom. The largest absolute Gasteiger partial charge is 0.368 e. The number of aryl methyl sites for hydroxylation is 1. The Morgan fingerprint density at radius 2 is 2.00 bits per heavy atom. The minimum absolute atomic E-state index is 0.255. The summed E-state index contributed by atoms with van der Waals surface area (Å²) in [4.78, 5) is 0. The van der Waals surface area contributed by atoms with Gasteiger partial charge in [-0.1, -0.05) is 30.3 Å². The van der Waals surface area contributed by atoms with Crippen LogP contribution in [0.15, 0.2) is 30.3 Å². The first-order valence-electron chi connectivity index (χ1n) is 5.22. The van der Waals surface area contributed by atoms with Crippen molar-refractivity contribution >= 4 is 0 Å².